The maximum Gasteiger partial charge on any atom is 0.410 e. The Bertz CT molecular complexity index is 798. The first kappa shape index (κ1) is 18.1. The number of hydrogen-bond acceptors (Lipinski definition) is 4. The number of carbonyl (C=O) groups excluding carboxylic acids is 1. The van der Waals surface area contributed by atoms with E-state index in [1.165, 1.54) is 17.4 Å². The number of amides is 1. The Morgan fingerprint density at radius 3 is 2.76 bits per heavy atom. The highest BCUT2D eigenvalue weighted by atomic mass is 32.1. The monoisotopic (exact) mass is 365 g/mol. The molecule has 0 radical (unpaired) electrons. The van der Waals surface area contributed by atoms with Crippen molar-refractivity contribution in [3.8, 4) is 0 Å². The van der Waals surface area contributed by atoms with Crippen molar-refractivity contribution in [3.05, 3.63) is 35.0 Å². The second-order valence-corrected chi connectivity index (χ2v) is 8.85. The maximum atomic E-state index is 13.9. The average molecular weight is 365 g/mol. The molecule has 3 rings (SSSR count). The molecule has 1 fully saturated rings. The number of thiophene rings is 1. The van der Waals surface area contributed by atoms with Crippen molar-refractivity contribution >= 4 is 27.5 Å². The van der Waals surface area contributed by atoms with Gasteiger partial charge in [0.05, 0.1) is 0 Å². The summed E-state index contributed by atoms with van der Waals surface area (Å²) in [5.41, 5.74) is -1.60. The van der Waals surface area contributed by atoms with Crippen LogP contribution in [-0.4, -0.2) is 34.3 Å². The number of halogens is 1. The summed E-state index contributed by atoms with van der Waals surface area (Å²) in [7, 11) is 0. The Morgan fingerprint density at radius 1 is 1.44 bits per heavy atom. The smallest absolute Gasteiger partial charge is 0.410 e. The van der Waals surface area contributed by atoms with Gasteiger partial charge < -0.3 is 14.7 Å². The molecule has 1 N–H and O–H groups in total. The van der Waals surface area contributed by atoms with Crippen LogP contribution in [0.5, 0.6) is 0 Å². The van der Waals surface area contributed by atoms with Crippen LogP contribution in [-0.2, 0) is 10.3 Å². The fourth-order valence-electron chi connectivity index (χ4n) is 3.30. The number of fused-ring (bicyclic) bond motifs is 1. The average Bonchev–Trinajstić information content (AvgIpc) is 2.91. The molecule has 1 saturated heterocycles. The van der Waals surface area contributed by atoms with E-state index in [-0.39, 0.29) is 18.0 Å². The largest absolute Gasteiger partial charge is 0.444 e. The van der Waals surface area contributed by atoms with Crippen molar-refractivity contribution in [1.29, 1.82) is 0 Å². The molecule has 2 atom stereocenters. The number of carbonyl (C=O) groups is 1. The topological polar surface area (TPSA) is 49.8 Å². The predicted molar refractivity (Wildman–Crippen MR) is 97.3 cm³/mol. The van der Waals surface area contributed by atoms with Gasteiger partial charge in [-0.1, -0.05) is 6.07 Å². The van der Waals surface area contributed by atoms with Crippen LogP contribution in [0.4, 0.5) is 9.18 Å². The van der Waals surface area contributed by atoms with E-state index in [2.05, 4.69) is 0 Å². The van der Waals surface area contributed by atoms with Gasteiger partial charge in [0.15, 0.2) is 0 Å². The SMILES string of the molecule is CC1CC(O)(c2cc3c(F)cccc3s2)CCN1C(=O)OC(C)(C)C. The minimum absolute atomic E-state index is 0.163. The van der Waals surface area contributed by atoms with Crippen LogP contribution in [0.25, 0.3) is 10.1 Å². The summed E-state index contributed by atoms with van der Waals surface area (Å²) in [5.74, 6) is -0.275. The molecule has 136 valence electrons. The fourth-order valence-corrected chi connectivity index (χ4v) is 4.50. The van der Waals surface area contributed by atoms with E-state index in [0.29, 0.717) is 24.8 Å². The highest BCUT2D eigenvalue weighted by Crippen LogP contribution is 2.42. The van der Waals surface area contributed by atoms with Gasteiger partial charge in [-0.15, -0.1) is 11.3 Å². The third kappa shape index (κ3) is 3.65. The number of likely N-dealkylation sites (tertiary alicyclic amines) is 1. The molecule has 0 saturated carbocycles. The van der Waals surface area contributed by atoms with Gasteiger partial charge in [-0.3, -0.25) is 0 Å². The van der Waals surface area contributed by atoms with Gasteiger partial charge in [-0.05, 0) is 52.3 Å². The molecular formula is C19H24FNO3S. The molecule has 6 heteroatoms. The zero-order valence-corrected chi connectivity index (χ0v) is 15.8. The summed E-state index contributed by atoms with van der Waals surface area (Å²) in [5, 5.41) is 11.7. The number of benzene rings is 1. The van der Waals surface area contributed by atoms with Crippen LogP contribution in [0.15, 0.2) is 24.3 Å². The first-order valence-electron chi connectivity index (χ1n) is 8.50. The van der Waals surface area contributed by atoms with Gasteiger partial charge in [0, 0.05) is 34.0 Å². The Labute approximate surface area is 151 Å². The molecule has 0 spiro atoms. The molecule has 2 heterocycles. The number of nitrogens with zero attached hydrogens (tertiary/aromatic N) is 1. The molecule has 25 heavy (non-hydrogen) atoms. The molecule has 4 nitrogen and oxygen atoms in total. The Morgan fingerprint density at radius 2 is 2.16 bits per heavy atom. The Hall–Kier alpha value is -1.66. The molecule has 1 aliphatic rings. The molecule has 1 aromatic heterocycles. The van der Waals surface area contributed by atoms with E-state index in [1.54, 1.807) is 17.0 Å². The molecule has 1 aromatic carbocycles. The van der Waals surface area contributed by atoms with E-state index < -0.39 is 11.2 Å². The number of rotatable bonds is 1. The molecule has 0 aliphatic carbocycles. The van der Waals surface area contributed by atoms with E-state index in [4.69, 9.17) is 4.74 Å². The zero-order valence-electron chi connectivity index (χ0n) is 15.0. The van der Waals surface area contributed by atoms with Gasteiger partial charge in [0.25, 0.3) is 0 Å². The summed E-state index contributed by atoms with van der Waals surface area (Å²) in [6, 6.07) is 6.54. The summed E-state index contributed by atoms with van der Waals surface area (Å²) < 4.78 is 20.2. The predicted octanol–water partition coefficient (Wildman–Crippen LogP) is 4.65. The van der Waals surface area contributed by atoms with Gasteiger partial charge in [-0.2, -0.15) is 0 Å². The second-order valence-electron chi connectivity index (χ2n) is 7.77. The van der Waals surface area contributed by atoms with E-state index >= 15 is 0 Å². The molecule has 2 aromatic rings. The third-order valence-corrected chi connectivity index (χ3v) is 5.82. The van der Waals surface area contributed by atoms with Crippen LogP contribution >= 0.6 is 11.3 Å². The Balaban J connectivity index is 1.80. The highest BCUT2D eigenvalue weighted by Gasteiger charge is 2.41. The first-order chi connectivity index (χ1) is 11.6. The van der Waals surface area contributed by atoms with Crippen LogP contribution < -0.4 is 0 Å². The van der Waals surface area contributed by atoms with Crippen molar-refractivity contribution in [3.63, 3.8) is 0 Å². The minimum Gasteiger partial charge on any atom is -0.444 e. The summed E-state index contributed by atoms with van der Waals surface area (Å²) in [6.07, 6.45) is 0.454. The van der Waals surface area contributed by atoms with Crippen LogP contribution in [0.3, 0.4) is 0 Å². The molecular weight excluding hydrogens is 341 g/mol. The number of hydrogen-bond donors (Lipinski definition) is 1. The molecule has 0 bridgehead atoms. The second kappa shape index (κ2) is 6.25. The zero-order chi connectivity index (χ0) is 18.4. The van der Waals surface area contributed by atoms with Gasteiger partial charge in [0.1, 0.15) is 17.0 Å². The lowest BCUT2D eigenvalue weighted by Gasteiger charge is -2.42. The number of ether oxygens (including phenoxy) is 1. The standard InChI is InChI=1S/C19H24FNO3S/c1-12-11-19(23,8-9-21(12)17(22)24-18(2,3)4)16-10-13-14(20)6-5-7-15(13)25-16/h5-7,10,12,23H,8-9,11H2,1-4H3. The fraction of sp³-hybridized carbons (Fsp3) is 0.526. The summed E-state index contributed by atoms with van der Waals surface area (Å²) in [6.45, 7) is 7.82. The van der Waals surface area contributed by atoms with Crippen LogP contribution in [0.1, 0.15) is 45.4 Å². The van der Waals surface area contributed by atoms with Gasteiger partial charge >= 0.3 is 6.09 Å². The summed E-state index contributed by atoms with van der Waals surface area (Å²) >= 11 is 1.41. The van der Waals surface area contributed by atoms with Crippen molar-refractivity contribution in [2.75, 3.05) is 6.54 Å². The quantitative estimate of drug-likeness (QED) is 0.800. The van der Waals surface area contributed by atoms with Gasteiger partial charge in [0.2, 0.25) is 0 Å². The van der Waals surface area contributed by atoms with E-state index in [0.717, 1.165) is 9.58 Å². The van der Waals surface area contributed by atoms with Crippen LogP contribution in [0.2, 0.25) is 0 Å². The maximum absolute atomic E-state index is 13.9. The lowest BCUT2D eigenvalue weighted by atomic mass is 9.85. The van der Waals surface area contributed by atoms with Crippen molar-refractivity contribution < 1.29 is 19.0 Å². The molecule has 1 amide bonds. The van der Waals surface area contributed by atoms with E-state index in [1.807, 2.05) is 33.8 Å². The lowest BCUT2D eigenvalue weighted by Crippen LogP contribution is -2.51. The van der Waals surface area contributed by atoms with Gasteiger partial charge in [-0.25, -0.2) is 9.18 Å². The number of piperidine rings is 1. The third-order valence-electron chi connectivity index (χ3n) is 4.53. The van der Waals surface area contributed by atoms with Crippen LogP contribution in [0, 0.1) is 5.82 Å². The van der Waals surface area contributed by atoms with E-state index in [9.17, 15) is 14.3 Å². The van der Waals surface area contributed by atoms with Crippen molar-refractivity contribution in [2.24, 2.45) is 0 Å². The number of aliphatic hydroxyl groups is 1. The highest BCUT2D eigenvalue weighted by molar-refractivity contribution is 7.19. The lowest BCUT2D eigenvalue weighted by molar-refractivity contribution is -0.0525. The summed E-state index contributed by atoms with van der Waals surface area (Å²) in [4.78, 5) is 14.7. The first-order valence-corrected chi connectivity index (χ1v) is 9.31. The normalized spacial score (nSPS) is 24.6. The molecule has 1 aliphatic heterocycles. The minimum atomic E-state index is -1.05. The molecule has 2 unspecified atom stereocenters. The van der Waals surface area contributed by atoms with Crippen molar-refractivity contribution in [2.45, 2.75) is 57.8 Å². The Kier molecular flexibility index (Phi) is 4.54. The van der Waals surface area contributed by atoms with Crippen molar-refractivity contribution in [1.82, 2.24) is 4.90 Å².